The second-order valence-corrected chi connectivity index (χ2v) is 6.59. The molecule has 0 saturated carbocycles. The van der Waals surface area contributed by atoms with Gasteiger partial charge >= 0.3 is 0 Å². The van der Waals surface area contributed by atoms with Crippen LogP contribution >= 0.6 is 15.9 Å². The average Bonchev–Trinajstić information content (AvgIpc) is 2.32. The second-order valence-electron chi connectivity index (χ2n) is 4.25. The van der Waals surface area contributed by atoms with Crippen LogP contribution in [0.4, 0.5) is 10.1 Å². The van der Waals surface area contributed by atoms with Crippen LogP contribution in [0.2, 0.25) is 0 Å². The van der Waals surface area contributed by atoms with Gasteiger partial charge in [0.1, 0.15) is 5.82 Å². The molecule has 0 radical (unpaired) electrons. The molecule has 5 heteroatoms. The van der Waals surface area contributed by atoms with Crippen molar-refractivity contribution in [3.05, 3.63) is 57.8 Å². The van der Waals surface area contributed by atoms with Gasteiger partial charge in [0.15, 0.2) is 0 Å². The molecule has 0 bridgehead atoms. The lowest BCUT2D eigenvalue weighted by Gasteiger charge is -2.08. The number of hydrogen-bond donors (Lipinski definition) is 1. The van der Waals surface area contributed by atoms with E-state index in [-0.39, 0.29) is 11.6 Å². The van der Waals surface area contributed by atoms with E-state index in [2.05, 4.69) is 15.9 Å². The fourth-order valence-corrected chi connectivity index (χ4v) is 3.43. The average molecular weight is 342 g/mol. The van der Waals surface area contributed by atoms with Crippen molar-refractivity contribution >= 4 is 32.4 Å². The van der Waals surface area contributed by atoms with Gasteiger partial charge in [-0.1, -0.05) is 22.0 Å². The zero-order chi connectivity index (χ0) is 14.0. The second kappa shape index (κ2) is 5.84. The first-order chi connectivity index (χ1) is 8.97. The SMILES string of the molecule is Cc1cc(N)ccc1S(=O)Cc1ccc(Br)cc1F. The third-order valence-corrected chi connectivity index (χ3v) is 4.76. The molecule has 0 heterocycles. The van der Waals surface area contributed by atoms with Crippen LogP contribution in [0.3, 0.4) is 0 Å². The summed E-state index contributed by atoms with van der Waals surface area (Å²) in [6.45, 7) is 1.85. The van der Waals surface area contributed by atoms with E-state index in [1.807, 2.05) is 6.92 Å². The Morgan fingerprint density at radius 2 is 2.00 bits per heavy atom. The first-order valence-electron chi connectivity index (χ1n) is 5.66. The molecule has 0 fully saturated rings. The Labute approximate surface area is 122 Å². The van der Waals surface area contributed by atoms with Crippen LogP contribution < -0.4 is 5.73 Å². The highest BCUT2D eigenvalue weighted by molar-refractivity contribution is 9.10. The molecule has 2 N–H and O–H groups in total. The summed E-state index contributed by atoms with van der Waals surface area (Å²) in [6.07, 6.45) is 0. The molecule has 2 rings (SSSR count). The molecule has 19 heavy (non-hydrogen) atoms. The van der Waals surface area contributed by atoms with Crippen molar-refractivity contribution in [2.75, 3.05) is 5.73 Å². The van der Waals surface area contributed by atoms with Gasteiger partial charge in [-0.05, 0) is 42.8 Å². The summed E-state index contributed by atoms with van der Waals surface area (Å²) in [5, 5.41) is 0. The first-order valence-corrected chi connectivity index (χ1v) is 7.77. The van der Waals surface area contributed by atoms with Gasteiger partial charge in [-0.15, -0.1) is 0 Å². The van der Waals surface area contributed by atoms with Gasteiger partial charge in [0.25, 0.3) is 0 Å². The quantitative estimate of drug-likeness (QED) is 0.863. The van der Waals surface area contributed by atoms with Gasteiger partial charge in [-0.2, -0.15) is 0 Å². The van der Waals surface area contributed by atoms with Crippen molar-refractivity contribution in [3.63, 3.8) is 0 Å². The minimum Gasteiger partial charge on any atom is -0.399 e. The summed E-state index contributed by atoms with van der Waals surface area (Å²) < 4.78 is 26.7. The molecule has 2 aromatic carbocycles. The van der Waals surface area contributed by atoms with Crippen molar-refractivity contribution in [2.24, 2.45) is 0 Å². The van der Waals surface area contributed by atoms with Gasteiger partial charge < -0.3 is 5.73 Å². The van der Waals surface area contributed by atoms with E-state index in [9.17, 15) is 8.60 Å². The number of rotatable bonds is 3. The molecule has 0 aliphatic heterocycles. The minimum absolute atomic E-state index is 0.157. The van der Waals surface area contributed by atoms with Crippen LogP contribution in [0.25, 0.3) is 0 Å². The van der Waals surface area contributed by atoms with Crippen LogP contribution in [0, 0.1) is 12.7 Å². The van der Waals surface area contributed by atoms with E-state index in [4.69, 9.17) is 5.73 Å². The predicted molar refractivity (Wildman–Crippen MR) is 79.8 cm³/mol. The first kappa shape index (κ1) is 14.2. The van der Waals surface area contributed by atoms with Gasteiger partial charge in [0.2, 0.25) is 0 Å². The molecule has 1 unspecified atom stereocenters. The molecule has 0 saturated heterocycles. The van der Waals surface area contributed by atoms with Gasteiger partial charge in [-0.3, -0.25) is 4.21 Å². The number of benzene rings is 2. The fourth-order valence-electron chi connectivity index (χ4n) is 1.79. The highest BCUT2D eigenvalue weighted by atomic mass is 79.9. The number of hydrogen-bond acceptors (Lipinski definition) is 2. The number of anilines is 1. The zero-order valence-electron chi connectivity index (χ0n) is 10.3. The number of halogens is 2. The van der Waals surface area contributed by atoms with E-state index in [0.717, 1.165) is 5.56 Å². The van der Waals surface area contributed by atoms with E-state index in [1.54, 1.807) is 30.3 Å². The van der Waals surface area contributed by atoms with Crippen LogP contribution in [-0.4, -0.2) is 4.21 Å². The molecule has 2 aromatic rings. The maximum absolute atomic E-state index is 13.7. The van der Waals surface area contributed by atoms with E-state index in [0.29, 0.717) is 20.6 Å². The van der Waals surface area contributed by atoms with Crippen LogP contribution in [0.1, 0.15) is 11.1 Å². The Balaban J connectivity index is 2.25. The van der Waals surface area contributed by atoms with Crippen molar-refractivity contribution in [3.8, 4) is 0 Å². The Bertz CT molecular complexity index is 645. The number of nitrogen functional groups attached to an aromatic ring is 1. The third-order valence-electron chi connectivity index (χ3n) is 2.75. The summed E-state index contributed by atoms with van der Waals surface area (Å²) in [6, 6.07) is 9.97. The van der Waals surface area contributed by atoms with Gasteiger partial charge in [0.05, 0.1) is 16.6 Å². The molecule has 1 atom stereocenters. The molecular formula is C14H13BrFNOS. The molecule has 0 aromatic heterocycles. The fraction of sp³-hybridized carbons (Fsp3) is 0.143. The smallest absolute Gasteiger partial charge is 0.128 e. The predicted octanol–water partition coefficient (Wildman–Crippen LogP) is 3.79. The minimum atomic E-state index is -1.28. The number of nitrogens with two attached hydrogens (primary N) is 1. The normalized spacial score (nSPS) is 12.4. The van der Waals surface area contributed by atoms with E-state index < -0.39 is 10.8 Å². The standard InChI is InChI=1S/C14H13BrFNOS/c1-9-6-12(17)4-5-14(9)19(18)8-10-2-3-11(15)7-13(10)16/h2-7H,8,17H2,1H3. The van der Waals surface area contributed by atoms with Crippen molar-refractivity contribution in [2.45, 2.75) is 17.6 Å². The molecule has 0 amide bonds. The Morgan fingerprint density at radius 3 is 2.63 bits per heavy atom. The zero-order valence-corrected chi connectivity index (χ0v) is 12.7. The Morgan fingerprint density at radius 1 is 1.26 bits per heavy atom. The maximum Gasteiger partial charge on any atom is 0.128 e. The largest absolute Gasteiger partial charge is 0.399 e. The Hall–Kier alpha value is -1.20. The maximum atomic E-state index is 13.7. The summed E-state index contributed by atoms with van der Waals surface area (Å²) in [5.41, 5.74) is 7.59. The number of aryl methyl sites for hydroxylation is 1. The Kier molecular flexibility index (Phi) is 4.37. The summed E-state index contributed by atoms with van der Waals surface area (Å²) in [4.78, 5) is 0.691. The van der Waals surface area contributed by atoms with E-state index >= 15 is 0 Å². The van der Waals surface area contributed by atoms with E-state index in [1.165, 1.54) is 6.07 Å². The van der Waals surface area contributed by atoms with Crippen molar-refractivity contribution in [1.29, 1.82) is 0 Å². The lowest BCUT2D eigenvalue weighted by Crippen LogP contribution is -2.01. The van der Waals surface area contributed by atoms with Gasteiger partial charge in [0, 0.05) is 20.6 Å². The lowest BCUT2D eigenvalue weighted by atomic mass is 10.2. The summed E-state index contributed by atoms with van der Waals surface area (Å²) in [7, 11) is -1.28. The third kappa shape index (κ3) is 3.42. The van der Waals surface area contributed by atoms with Crippen LogP contribution in [0.15, 0.2) is 45.8 Å². The lowest BCUT2D eigenvalue weighted by molar-refractivity contribution is 0.614. The van der Waals surface area contributed by atoms with Crippen molar-refractivity contribution < 1.29 is 8.60 Å². The molecule has 100 valence electrons. The summed E-state index contributed by atoms with van der Waals surface area (Å²) in [5.74, 6) is -0.194. The molecule has 0 aliphatic rings. The summed E-state index contributed by atoms with van der Waals surface area (Å²) >= 11 is 3.20. The molecule has 2 nitrogen and oxygen atoms in total. The van der Waals surface area contributed by atoms with Crippen LogP contribution in [0.5, 0.6) is 0 Å². The molecule has 0 aliphatic carbocycles. The highest BCUT2D eigenvalue weighted by Gasteiger charge is 2.11. The molecular weight excluding hydrogens is 329 g/mol. The van der Waals surface area contributed by atoms with Gasteiger partial charge in [-0.25, -0.2) is 4.39 Å². The molecule has 0 spiro atoms. The monoisotopic (exact) mass is 341 g/mol. The highest BCUT2D eigenvalue weighted by Crippen LogP contribution is 2.21. The van der Waals surface area contributed by atoms with Crippen molar-refractivity contribution in [1.82, 2.24) is 0 Å². The topological polar surface area (TPSA) is 43.1 Å². The van der Waals surface area contributed by atoms with Crippen LogP contribution in [-0.2, 0) is 16.6 Å².